The van der Waals surface area contributed by atoms with Gasteiger partial charge in [0.05, 0.1) is 0 Å². The first-order valence-electron chi connectivity index (χ1n) is 6.00. The Hall–Kier alpha value is -1.39. The fourth-order valence-electron chi connectivity index (χ4n) is 2.30. The molecule has 1 aliphatic heterocycles. The summed E-state index contributed by atoms with van der Waals surface area (Å²) in [6.07, 6.45) is 0. The van der Waals surface area contributed by atoms with Crippen LogP contribution in [0, 0.1) is 0 Å². The van der Waals surface area contributed by atoms with Crippen molar-refractivity contribution in [3.05, 3.63) is 35.4 Å². The highest BCUT2D eigenvalue weighted by molar-refractivity contribution is 5.94. The Bertz CT molecular complexity index is 405. The normalized spacial score (nSPS) is 21.4. The average molecular weight is 233 g/mol. The van der Waals surface area contributed by atoms with E-state index in [-0.39, 0.29) is 5.91 Å². The predicted octanol–water partition coefficient (Wildman–Crippen LogP) is 0.579. The van der Waals surface area contributed by atoms with Crippen LogP contribution >= 0.6 is 0 Å². The number of hydrogen-bond acceptors (Lipinski definition) is 3. The second kappa shape index (κ2) is 5.29. The molecular weight excluding hydrogens is 214 g/mol. The topological polar surface area (TPSA) is 58.4 Å². The molecule has 0 aliphatic carbocycles. The average Bonchev–Trinajstić information content (AvgIpc) is 2.29. The van der Waals surface area contributed by atoms with E-state index in [2.05, 4.69) is 17.1 Å². The zero-order chi connectivity index (χ0) is 12.3. The van der Waals surface area contributed by atoms with Gasteiger partial charge in [-0.25, -0.2) is 0 Å². The molecule has 1 amide bonds. The quantitative estimate of drug-likeness (QED) is 0.803. The Kier molecular flexibility index (Phi) is 3.76. The first-order valence-corrected chi connectivity index (χ1v) is 6.00. The first-order chi connectivity index (χ1) is 8.16. The molecule has 1 atom stereocenters. The largest absolute Gasteiger partial charge is 0.366 e. The number of nitrogens with zero attached hydrogens (tertiary/aromatic N) is 1. The highest BCUT2D eigenvalue weighted by atomic mass is 16.1. The van der Waals surface area contributed by atoms with Crippen molar-refractivity contribution in [2.75, 3.05) is 19.6 Å². The zero-order valence-corrected chi connectivity index (χ0v) is 10.1. The molecule has 1 fully saturated rings. The molecule has 1 aromatic rings. The SMILES string of the molecule is CC1CN(Cc2ccccc2C(N)=O)CCN1. The van der Waals surface area contributed by atoms with Crippen molar-refractivity contribution >= 4 is 5.91 Å². The molecule has 4 nitrogen and oxygen atoms in total. The van der Waals surface area contributed by atoms with E-state index in [0.29, 0.717) is 11.6 Å². The van der Waals surface area contributed by atoms with Gasteiger partial charge in [0.2, 0.25) is 5.91 Å². The van der Waals surface area contributed by atoms with Gasteiger partial charge in [-0.05, 0) is 18.6 Å². The molecule has 92 valence electrons. The molecular formula is C13H19N3O. The Labute approximate surface area is 102 Å². The number of nitrogens with one attached hydrogen (secondary N) is 1. The fraction of sp³-hybridized carbons (Fsp3) is 0.462. The minimum absolute atomic E-state index is 0.344. The maximum absolute atomic E-state index is 11.3. The van der Waals surface area contributed by atoms with Crippen LogP contribution in [0.15, 0.2) is 24.3 Å². The van der Waals surface area contributed by atoms with Gasteiger partial charge in [0.15, 0.2) is 0 Å². The number of rotatable bonds is 3. The fourth-order valence-corrected chi connectivity index (χ4v) is 2.30. The van der Waals surface area contributed by atoms with Crippen LogP contribution in [0.3, 0.4) is 0 Å². The lowest BCUT2D eigenvalue weighted by atomic mass is 10.1. The van der Waals surface area contributed by atoms with Crippen LogP contribution in [-0.4, -0.2) is 36.5 Å². The molecule has 3 N–H and O–H groups in total. The van der Waals surface area contributed by atoms with Gasteiger partial charge < -0.3 is 11.1 Å². The van der Waals surface area contributed by atoms with E-state index in [1.165, 1.54) is 0 Å². The molecule has 0 aromatic heterocycles. The maximum atomic E-state index is 11.3. The highest BCUT2D eigenvalue weighted by Crippen LogP contribution is 2.12. The lowest BCUT2D eigenvalue weighted by molar-refractivity contribution is 0.0997. The van der Waals surface area contributed by atoms with Gasteiger partial charge in [-0.15, -0.1) is 0 Å². The van der Waals surface area contributed by atoms with E-state index < -0.39 is 0 Å². The summed E-state index contributed by atoms with van der Waals surface area (Å²) in [4.78, 5) is 13.7. The van der Waals surface area contributed by atoms with Crippen LogP contribution < -0.4 is 11.1 Å². The number of piperazine rings is 1. The van der Waals surface area contributed by atoms with Gasteiger partial charge in [0, 0.05) is 37.8 Å². The summed E-state index contributed by atoms with van der Waals surface area (Å²) in [6.45, 7) is 5.99. The summed E-state index contributed by atoms with van der Waals surface area (Å²) >= 11 is 0. The first kappa shape index (κ1) is 12.1. The van der Waals surface area contributed by atoms with Gasteiger partial charge >= 0.3 is 0 Å². The highest BCUT2D eigenvalue weighted by Gasteiger charge is 2.17. The van der Waals surface area contributed by atoms with Crippen molar-refractivity contribution in [3.8, 4) is 0 Å². The Balaban J connectivity index is 2.10. The number of benzene rings is 1. The lowest BCUT2D eigenvalue weighted by Gasteiger charge is -2.32. The predicted molar refractivity (Wildman–Crippen MR) is 67.7 cm³/mol. The molecule has 4 heteroatoms. The van der Waals surface area contributed by atoms with Gasteiger partial charge in [0.1, 0.15) is 0 Å². The molecule has 1 unspecified atom stereocenters. The summed E-state index contributed by atoms with van der Waals surface area (Å²) in [6, 6.07) is 8.08. The van der Waals surface area contributed by atoms with Crippen molar-refractivity contribution in [2.24, 2.45) is 5.73 Å². The van der Waals surface area contributed by atoms with Gasteiger partial charge in [-0.1, -0.05) is 18.2 Å². The summed E-state index contributed by atoms with van der Waals surface area (Å²) < 4.78 is 0. The molecule has 0 saturated carbocycles. The molecule has 1 heterocycles. The lowest BCUT2D eigenvalue weighted by Crippen LogP contribution is -2.48. The maximum Gasteiger partial charge on any atom is 0.249 e. The second-order valence-corrected chi connectivity index (χ2v) is 4.61. The van der Waals surface area contributed by atoms with Crippen LogP contribution in [0.4, 0.5) is 0 Å². The Morgan fingerprint density at radius 1 is 1.53 bits per heavy atom. The minimum Gasteiger partial charge on any atom is -0.366 e. The molecule has 0 spiro atoms. The third-order valence-electron chi connectivity index (χ3n) is 3.13. The van der Waals surface area contributed by atoms with Crippen LogP contribution in [0.5, 0.6) is 0 Å². The van der Waals surface area contributed by atoms with Crippen molar-refractivity contribution in [3.63, 3.8) is 0 Å². The van der Waals surface area contributed by atoms with Crippen LogP contribution in [-0.2, 0) is 6.54 Å². The standard InChI is InChI=1S/C13H19N3O/c1-10-8-16(7-6-15-10)9-11-4-2-3-5-12(11)13(14)17/h2-5,10,15H,6-9H2,1H3,(H2,14,17). The molecule has 1 aromatic carbocycles. The minimum atomic E-state index is -0.344. The van der Waals surface area contributed by atoms with E-state index in [4.69, 9.17) is 5.73 Å². The van der Waals surface area contributed by atoms with Crippen molar-refractivity contribution in [1.82, 2.24) is 10.2 Å². The number of hydrogen-bond donors (Lipinski definition) is 2. The van der Waals surface area contributed by atoms with Crippen molar-refractivity contribution in [1.29, 1.82) is 0 Å². The van der Waals surface area contributed by atoms with E-state index in [9.17, 15) is 4.79 Å². The number of amides is 1. The second-order valence-electron chi connectivity index (χ2n) is 4.61. The van der Waals surface area contributed by atoms with E-state index in [1.807, 2.05) is 18.2 Å². The number of carbonyl (C=O) groups is 1. The summed E-state index contributed by atoms with van der Waals surface area (Å²) in [5.41, 5.74) is 7.04. The molecule has 1 aliphatic rings. The number of carbonyl (C=O) groups excluding carboxylic acids is 1. The Morgan fingerprint density at radius 2 is 2.29 bits per heavy atom. The Morgan fingerprint density at radius 3 is 3.00 bits per heavy atom. The molecule has 1 saturated heterocycles. The molecule has 17 heavy (non-hydrogen) atoms. The van der Waals surface area contributed by atoms with Crippen molar-refractivity contribution < 1.29 is 4.79 Å². The van der Waals surface area contributed by atoms with Crippen LogP contribution in [0.1, 0.15) is 22.8 Å². The smallest absolute Gasteiger partial charge is 0.249 e. The van der Waals surface area contributed by atoms with Gasteiger partial charge in [-0.2, -0.15) is 0 Å². The summed E-state index contributed by atoms with van der Waals surface area (Å²) in [7, 11) is 0. The number of nitrogens with two attached hydrogens (primary N) is 1. The zero-order valence-electron chi connectivity index (χ0n) is 10.1. The van der Waals surface area contributed by atoms with E-state index >= 15 is 0 Å². The molecule has 0 radical (unpaired) electrons. The van der Waals surface area contributed by atoms with E-state index in [0.717, 1.165) is 31.7 Å². The monoisotopic (exact) mass is 233 g/mol. The molecule has 0 bridgehead atoms. The summed E-state index contributed by atoms with van der Waals surface area (Å²) in [5.74, 6) is -0.344. The summed E-state index contributed by atoms with van der Waals surface area (Å²) in [5, 5.41) is 3.40. The third-order valence-corrected chi connectivity index (χ3v) is 3.13. The van der Waals surface area contributed by atoms with Crippen LogP contribution in [0.25, 0.3) is 0 Å². The molecule has 2 rings (SSSR count). The van der Waals surface area contributed by atoms with Gasteiger partial charge in [0.25, 0.3) is 0 Å². The van der Waals surface area contributed by atoms with Crippen molar-refractivity contribution in [2.45, 2.75) is 19.5 Å². The van der Waals surface area contributed by atoms with Crippen LogP contribution in [0.2, 0.25) is 0 Å². The number of primary amides is 1. The van der Waals surface area contributed by atoms with Gasteiger partial charge in [-0.3, -0.25) is 9.69 Å². The van der Waals surface area contributed by atoms with E-state index in [1.54, 1.807) is 6.07 Å². The third kappa shape index (κ3) is 3.05.